The van der Waals surface area contributed by atoms with E-state index in [1.165, 1.54) is 0 Å². The van der Waals surface area contributed by atoms with Gasteiger partial charge in [-0.15, -0.1) is 0 Å². The third kappa shape index (κ3) is 3.65. The van der Waals surface area contributed by atoms with Gasteiger partial charge in [-0.05, 0) is 45.1 Å². The monoisotopic (exact) mass is 314 g/mol. The van der Waals surface area contributed by atoms with Gasteiger partial charge in [-0.25, -0.2) is 4.98 Å². The van der Waals surface area contributed by atoms with Crippen molar-refractivity contribution in [3.63, 3.8) is 0 Å². The van der Waals surface area contributed by atoms with Gasteiger partial charge in [0.05, 0.1) is 11.1 Å². The molecule has 0 aliphatic carbocycles. The Labute approximate surface area is 136 Å². The Morgan fingerprint density at radius 1 is 1.26 bits per heavy atom. The van der Waals surface area contributed by atoms with Crippen LogP contribution in [0.5, 0.6) is 0 Å². The lowest BCUT2D eigenvalue weighted by Crippen LogP contribution is -2.42. The first-order valence-electron chi connectivity index (χ1n) is 7.57. The lowest BCUT2D eigenvalue weighted by atomic mass is 10.2. The zero-order chi connectivity index (χ0) is 17.0. The van der Waals surface area contributed by atoms with Gasteiger partial charge in [-0.2, -0.15) is 0 Å². The van der Waals surface area contributed by atoms with Gasteiger partial charge >= 0.3 is 5.69 Å². The van der Waals surface area contributed by atoms with Crippen LogP contribution >= 0.6 is 0 Å². The van der Waals surface area contributed by atoms with E-state index in [1.54, 1.807) is 19.2 Å². The van der Waals surface area contributed by atoms with Gasteiger partial charge in [0, 0.05) is 18.0 Å². The summed E-state index contributed by atoms with van der Waals surface area (Å²) in [7, 11) is 3.92. The van der Waals surface area contributed by atoms with Crippen LogP contribution in [0.25, 0.3) is 0 Å². The van der Waals surface area contributed by atoms with Gasteiger partial charge in [0.1, 0.15) is 0 Å². The molecule has 1 aromatic carbocycles. The molecule has 1 atom stereocenters. The average molecular weight is 314 g/mol. The highest BCUT2D eigenvalue weighted by Crippen LogP contribution is 2.35. The van der Waals surface area contributed by atoms with Crippen molar-refractivity contribution in [2.75, 3.05) is 19.0 Å². The van der Waals surface area contributed by atoms with Crippen LogP contribution in [0.2, 0.25) is 0 Å². The van der Waals surface area contributed by atoms with E-state index in [-0.39, 0.29) is 16.8 Å². The predicted molar refractivity (Wildman–Crippen MR) is 92.0 cm³/mol. The van der Waals surface area contributed by atoms with Crippen molar-refractivity contribution >= 4 is 17.2 Å². The molecule has 0 aliphatic heterocycles. The third-order valence-corrected chi connectivity index (χ3v) is 3.70. The molecule has 2 aromatic rings. The lowest BCUT2D eigenvalue weighted by Gasteiger charge is -2.36. The van der Waals surface area contributed by atoms with Crippen molar-refractivity contribution < 1.29 is 4.92 Å². The number of rotatable bonds is 6. The fraction of sp³-hybridized carbons (Fsp3) is 0.353. The summed E-state index contributed by atoms with van der Waals surface area (Å²) in [6, 6.07) is 11.2. The Balaban J connectivity index is 2.65. The summed E-state index contributed by atoms with van der Waals surface area (Å²) in [5.41, 5.74) is 1.67. The zero-order valence-corrected chi connectivity index (χ0v) is 13.9. The molecule has 6 nitrogen and oxygen atoms in total. The Kier molecular flexibility index (Phi) is 5.28. The van der Waals surface area contributed by atoms with E-state index in [4.69, 9.17) is 0 Å². The molecular weight excluding hydrogens is 292 g/mol. The quantitative estimate of drug-likeness (QED) is 0.462. The molecule has 0 fully saturated rings. The molecule has 0 bridgehead atoms. The second-order valence-electron chi connectivity index (χ2n) is 5.67. The van der Waals surface area contributed by atoms with Crippen molar-refractivity contribution in [1.82, 2.24) is 9.88 Å². The molecule has 0 aliphatic rings. The van der Waals surface area contributed by atoms with E-state index in [0.717, 1.165) is 17.7 Å². The van der Waals surface area contributed by atoms with Gasteiger partial charge in [-0.1, -0.05) is 25.1 Å². The Hall–Kier alpha value is -2.47. The van der Waals surface area contributed by atoms with E-state index in [1.807, 2.05) is 54.2 Å². The molecular formula is C17H22N4O2. The SMILES string of the molecule is CCC(N(C)C)N(c1ccccc1)c1ncc(C)cc1[N+](=O)[O-]. The molecule has 0 saturated heterocycles. The summed E-state index contributed by atoms with van der Waals surface area (Å²) in [6.45, 7) is 3.86. The molecule has 0 spiro atoms. The van der Waals surface area contributed by atoms with Crippen molar-refractivity contribution in [2.45, 2.75) is 26.4 Å². The van der Waals surface area contributed by atoms with Crippen molar-refractivity contribution in [3.8, 4) is 0 Å². The Bertz CT molecular complexity index is 674. The number of pyridine rings is 1. The highest BCUT2D eigenvalue weighted by atomic mass is 16.6. The fourth-order valence-corrected chi connectivity index (χ4v) is 2.67. The Morgan fingerprint density at radius 3 is 2.43 bits per heavy atom. The van der Waals surface area contributed by atoms with Crippen molar-refractivity contribution in [3.05, 3.63) is 58.3 Å². The molecule has 1 aromatic heterocycles. The lowest BCUT2D eigenvalue weighted by molar-refractivity contribution is -0.384. The maximum Gasteiger partial charge on any atom is 0.312 e. The van der Waals surface area contributed by atoms with Gasteiger partial charge in [0.2, 0.25) is 5.82 Å². The third-order valence-electron chi connectivity index (χ3n) is 3.70. The summed E-state index contributed by atoms with van der Waals surface area (Å²) in [5.74, 6) is 0.368. The van der Waals surface area contributed by atoms with E-state index in [9.17, 15) is 10.1 Å². The van der Waals surface area contributed by atoms with E-state index >= 15 is 0 Å². The second-order valence-corrected chi connectivity index (χ2v) is 5.67. The average Bonchev–Trinajstić information content (AvgIpc) is 2.53. The van der Waals surface area contributed by atoms with Crippen LogP contribution in [0.4, 0.5) is 17.2 Å². The summed E-state index contributed by atoms with van der Waals surface area (Å²) in [5, 5.41) is 11.5. The summed E-state index contributed by atoms with van der Waals surface area (Å²) < 4.78 is 0. The smallest absolute Gasteiger partial charge is 0.304 e. The molecule has 1 heterocycles. The van der Waals surface area contributed by atoms with Crippen LogP contribution in [0.15, 0.2) is 42.6 Å². The standard InChI is InChI=1S/C17H22N4O2/c1-5-16(19(3)4)20(14-9-7-6-8-10-14)17-15(21(22)23)11-13(2)12-18-17/h6-12,16H,5H2,1-4H3. The maximum atomic E-state index is 11.5. The molecule has 0 saturated carbocycles. The molecule has 122 valence electrons. The Morgan fingerprint density at radius 2 is 1.91 bits per heavy atom. The van der Waals surface area contributed by atoms with Gasteiger partial charge in [0.15, 0.2) is 0 Å². The second kappa shape index (κ2) is 7.19. The normalized spacial score (nSPS) is 12.2. The van der Waals surface area contributed by atoms with Gasteiger partial charge < -0.3 is 4.90 Å². The number of nitro groups is 1. The van der Waals surface area contributed by atoms with E-state index in [0.29, 0.717) is 5.82 Å². The molecule has 0 amide bonds. The summed E-state index contributed by atoms with van der Waals surface area (Å²) in [6.07, 6.45) is 2.43. The van der Waals surface area contributed by atoms with Crippen molar-refractivity contribution in [2.24, 2.45) is 0 Å². The van der Waals surface area contributed by atoms with Crippen LogP contribution in [0, 0.1) is 17.0 Å². The van der Waals surface area contributed by atoms with Crippen LogP contribution in [-0.2, 0) is 0 Å². The summed E-state index contributed by atoms with van der Waals surface area (Å²) in [4.78, 5) is 19.5. The number of benzene rings is 1. The van der Waals surface area contributed by atoms with Gasteiger partial charge in [-0.3, -0.25) is 15.0 Å². The molecule has 0 radical (unpaired) electrons. The van der Waals surface area contributed by atoms with Crippen molar-refractivity contribution in [1.29, 1.82) is 0 Å². The first kappa shape index (κ1) is 16.9. The number of hydrogen-bond acceptors (Lipinski definition) is 5. The molecule has 0 N–H and O–H groups in total. The number of para-hydroxylation sites is 1. The van der Waals surface area contributed by atoms with Crippen LogP contribution in [0.3, 0.4) is 0 Å². The summed E-state index contributed by atoms with van der Waals surface area (Å²) >= 11 is 0. The van der Waals surface area contributed by atoms with Crippen LogP contribution in [-0.4, -0.2) is 35.1 Å². The van der Waals surface area contributed by atoms with E-state index in [2.05, 4.69) is 11.9 Å². The largest absolute Gasteiger partial charge is 0.312 e. The highest BCUT2D eigenvalue weighted by Gasteiger charge is 2.29. The first-order valence-corrected chi connectivity index (χ1v) is 7.57. The predicted octanol–water partition coefficient (Wildman–Crippen LogP) is 3.73. The maximum absolute atomic E-state index is 11.5. The van der Waals surface area contributed by atoms with Crippen LogP contribution < -0.4 is 4.90 Å². The molecule has 2 rings (SSSR count). The fourth-order valence-electron chi connectivity index (χ4n) is 2.67. The van der Waals surface area contributed by atoms with Crippen LogP contribution in [0.1, 0.15) is 18.9 Å². The zero-order valence-electron chi connectivity index (χ0n) is 13.9. The minimum absolute atomic E-state index is 0.0224. The molecule has 6 heteroatoms. The minimum Gasteiger partial charge on any atom is -0.304 e. The molecule has 23 heavy (non-hydrogen) atoms. The highest BCUT2D eigenvalue weighted by molar-refractivity contribution is 5.69. The number of aryl methyl sites for hydroxylation is 1. The number of aromatic nitrogens is 1. The number of nitrogens with zero attached hydrogens (tertiary/aromatic N) is 4. The first-order chi connectivity index (χ1) is 11.0. The number of anilines is 2. The molecule has 1 unspecified atom stereocenters. The number of hydrogen-bond donors (Lipinski definition) is 0. The topological polar surface area (TPSA) is 62.5 Å². The van der Waals surface area contributed by atoms with Gasteiger partial charge in [0.25, 0.3) is 0 Å². The minimum atomic E-state index is -0.367. The van der Waals surface area contributed by atoms with E-state index < -0.39 is 0 Å².